The Kier molecular flexibility index (Phi) is 6.86. The second-order valence-electron chi connectivity index (χ2n) is 7.57. The van der Waals surface area contributed by atoms with Crippen LogP contribution in [0.5, 0.6) is 0 Å². The Balaban J connectivity index is 2.26. The molecule has 1 aliphatic heterocycles. The van der Waals surface area contributed by atoms with Gasteiger partial charge in [0.25, 0.3) is 0 Å². The number of hydrogen-bond acceptors (Lipinski definition) is 3. The molecule has 5 nitrogen and oxygen atoms in total. The van der Waals surface area contributed by atoms with Crippen LogP contribution < -0.4 is 5.32 Å². The van der Waals surface area contributed by atoms with Gasteiger partial charge in [-0.3, -0.25) is 4.79 Å². The standard InChI is InChI=1S/C20H32N2O3S/c1-6-7-10-21-20(23)18-9-8-17(5)22(13-18)26(24,25)19-15(3)11-14(2)12-16(19)4/h11-12,17-18H,6-10,13H2,1-5H3,(H,21,23). The van der Waals surface area contributed by atoms with Gasteiger partial charge in [0.05, 0.1) is 10.8 Å². The molecule has 1 heterocycles. The molecule has 1 amide bonds. The zero-order chi connectivity index (χ0) is 19.5. The van der Waals surface area contributed by atoms with Gasteiger partial charge in [0.15, 0.2) is 0 Å². The molecule has 0 spiro atoms. The first-order valence-electron chi connectivity index (χ1n) is 9.55. The van der Waals surface area contributed by atoms with Crippen molar-refractivity contribution in [3.63, 3.8) is 0 Å². The van der Waals surface area contributed by atoms with Gasteiger partial charge >= 0.3 is 0 Å². The maximum absolute atomic E-state index is 13.4. The van der Waals surface area contributed by atoms with Crippen LogP contribution in [0.15, 0.2) is 17.0 Å². The van der Waals surface area contributed by atoms with Crippen LogP contribution in [-0.2, 0) is 14.8 Å². The molecule has 1 saturated heterocycles. The maximum Gasteiger partial charge on any atom is 0.243 e. The van der Waals surface area contributed by atoms with Crippen molar-refractivity contribution in [2.45, 2.75) is 71.2 Å². The third-order valence-electron chi connectivity index (χ3n) is 5.20. The van der Waals surface area contributed by atoms with Crippen molar-refractivity contribution >= 4 is 15.9 Å². The Morgan fingerprint density at radius 1 is 1.19 bits per heavy atom. The number of amides is 1. The van der Waals surface area contributed by atoms with E-state index in [0.29, 0.717) is 17.9 Å². The number of carbonyl (C=O) groups is 1. The summed E-state index contributed by atoms with van der Waals surface area (Å²) < 4.78 is 28.3. The lowest BCUT2D eigenvalue weighted by Gasteiger charge is -2.37. The average molecular weight is 381 g/mol. The predicted molar refractivity (Wildman–Crippen MR) is 105 cm³/mol. The number of unbranched alkanes of at least 4 members (excludes halogenated alkanes) is 1. The highest BCUT2D eigenvalue weighted by Gasteiger charge is 2.38. The van der Waals surface area contributed by atoms with Gasteiger partial charge in [-0.1, -0.05) is 31.0 Å². The number of nitrogens with zero attached hydrogens (tertiary/aromatic N) is 1. The van der Waals surface area contributed by atoms with Crippen molar-refractivity contribution in [1.82, 2.24) is 9.62 Å². The number of piperidine rings is 1. The van der Waals surface area contributed by atoms with Crippen LogP contribution in [0.2, 0.25) is 0 Å². The van der Waals surface area contributed by atoms with E-state index in [1.807, 2.05) is 39.8 Å². The lowest BCUT2D eigenvalue weighted by molar-refractivity contribution is -0.126. The second-order valence-corrected chi connectivity index (χ2v) is 9.40. The first-order valence-corrected chi connectivity index (χ1v) is 11.0. The van der Waals surface area contributed by atoms with E-state index in [4.69, 9.17) is 0 Å². The minimum Gasteiger partial charge on any atom is -0.356 e. The summed E-state index contributed by atoms with van der Waals surface area (Å²) >= 11 is 0. The van der Waals surface area contributed by atoms with Crippen molar-refractivity contribution in [3.8, 4) is 0 Å². The molecule has 0 bridgehead atoms. The highest BCUT2D eigenvalue weighted by atomic mass is 32.2. The Morgan fingerprint density at radius 2 is 1.81 bits per heavy atom. The Morgan fingerprint density at radius 3 is 2.38 bits per heavy atom. The summed E-state index contributed by atoms with van der Waals surface area (Å²) in [7, 11) is -3.63. The summed E-state index contributed by atoms with van der Waals surface area (Å²) in [6, 6.07) is 3.71. The largest absolute Gasteiger partial charge is 0.356 e. The van der Waals surface area contributed by atoms with Crippen molar-refractivity contribution in [2.75, 3.05) is 13.1 Å². The quantitative estimate of drug-likeness (QED) is 0.770. The van der Waals surface area contributed by atoms with Gasteiger partial charge in [0, 0.05) is 19.1 Å². The van der Waals surface area contributed by atoms with Crippen molar-refractivity contribution < 1.29 is 13.2 Å². The molecule has 2 rings (SSSR count). The van der Waals surface area contributed by atoms with Crippen LogP contribution in [0.25, 0.3) is 0 Å². The van der Waals surface area contributed by atoms with Crippen molar-refractivity contribution in [3.05, 3.63) is 28.8 Å². The van der Waals surface area contributed by atoms with Gasteiger partial charge in [-0.2, -0.15) is 4.31 Å². The summed E-state index contributed by atoms with van der Waals surface area (Å²) in [6.45, 7) is 10.6. The average Bonchev–Trinajstić information content (AvgIpc) is 2.53. The number of aryl methyl sites for hydroxylation is 3. The van der Waals surface area contributed by atoms with Crippen molar-refractivity contribution in [2.24, 2.45) is 5.92 Å². The normalized spacial score (nSPS) is 21.6. The number of nitrogens with one attached hydrogen (secondary N) is 1. The van der Waals surface area contributed by atoms with Crippen LogP contribution in [-0.4, -0.2) is 37.8 Å². The minimum atomic E-state index is -3.63. The van der Waals surface area contributed by atoms with Crippen molar-refractivity contribution in [1.29, 1.82) is 0 Å². The van der Waals surface area contributed by atoms with Crippen LogP contribution in [0.3, 0.4) is 0 Å². The Hall–Kier alpha value is -1.40. The third kappa shape index (κ3) is 4.46. The highest BCUT2D eigenvalue weighted by molar-refractivity contribution is 7.89. The predicted octanol–water partition coefficient (Wildman–Crippen LogP) is 3.32. The smallest absolute Gasteiger partial charge is 0.243 e. The molecule has 1 N–H and O–H groups in total. The van der Waals surface area contributed by atoms with Gasteiger partial charge in [-0.05, 0) is 58.1 Å². The molecule has 2 unspecified atom stereocenters. The molecular weight excluding hydrogens is 348 g/mol. The summed E-state index contributed by atoms with van der Waals surface area (Å²) in [5.74, 6) is -0.299. The summed E-state index contributed by atoms with van der Waals surface area (Å²) in [4.78, 5) is 12.8. The van der Waals surface area contributed by atoms with Gasteiger partial charge in [-0.15, -0.1) is 0 Å². The van der Waals surface area contributed by atoms with Gasteiger partial charge in [0.2, 0.25) is 15.9 Å². The first-order chi connectivity index (χ1) is 12.2. The monoisotopic (exact) mass is 380 g/mol. The molecule has 6 heteroatoms. The Bertz CT molecular complexity index is 735. The molecule has 2 atom stereocenters. The fourth-order valence-corrected chi connectivity index (χ4v) is 5.97. The molecule has 1 fully saturated rings. The van der Waals surface area contributed by atoms with Gasteiger partial charge in [-0.25, -0.2) is 8.42 Å². The third-order valence-corrected chi connectivity index (χ3v) is 7.48. The number of sulfonamides is 1. The summed E-state index contributed by atoms with van der Waals surface area (Å²) in [5.41, 5.74) is 2.59. The van der Waals surface area contributed by atoms with Crippen LogP contribution in [0, 0.1) is 26.7 Å². The van der Waals surface area contributed by atoms with E-state index < -0.39 is 10.0 Å². The molecule has 0 aromatic heterocycles. The molecule has 0 aliphatic carbocycles. The molecule has 1 aliphatic rings. The topological polar surface area (TPSA) is 66.5 Å². The molecule has 0 radical (unpaired) electrons. The van der Waals surface area contributed by atoms with E-state index in [1.165, 1.54) is 4.31 Å². The lowest BCUT2D eigenvalue weighted by atomic mass is 9.94. The fourth-order valence-electron chi connectivity index (χ4n) is 3.85. The summed E-state index contributed by atoms with van der Waals surface area (Å²) in [6.07, 6.45) is 3.40. The van der Waals surface area contributed by atoms with Gasteiger partial charge in [0.1, 0.15) is 0 Å². The Labute approximate surface area is 158 Å². The fraction of sp³-hybridized carbons (Fsp3) is 0.650. The number of hydrogen-bond donors (Lipinski definition) is 1. The zero-order valence-electron chi connectivity index (χ0n) is 16.6. The SMILES string of the molecule is CCCCNC(=O)C1CCC(C)N(S(=O)(=O)c2c(C)cc(C)cc2C)C1. The van der Waals surface area contributed by atoms with E-state index in [2.05, 4.69) is 12.2 Å². The molecule has 0 saturated carbocycles. The van der Waals surface area contributed by atoms with E-state index in [-0.39, 0.29) is 24.4 Å². The zero-order valence-corrected chi connectivity index (χ0v) is 17.4. The van der Waals surface area contributed by atoms with Crippen LogP contribution >= 0.6 is 0 Å². The van der Waals surface area contributed by atoms with Crippen LogP contribution in [0.4, 0.5) is 0 Å². The first kappa shape index (κ1) is 20.9. The number of rotatable bonds is 6. The van der Waals surface area contributed by atoms with E-state index in [0.717, 1.165) is 36.0 Å². The molecule has 1 aromatic carbocycles. The minimum absolute atomic E-state index is 0.0251. The molecule has 146 valence electrons. The van der Waals surface area contributed by atoms with E-state index >= 15 is 0 Å². The maximum atomic E-state index is 13.4. The van der Waals surface area contributed by atoms with Gasteiger partial charge < -0.3 is 5.32 Å². The number of benzene rings is 1. The lowest BCUT2D eigenvalue weighted by Crippen LogP contribution is -2.49. The van der Waals surface area contributed by atoms with Crippen LogP contribution in [0.1, 0.15) is 56.2 Å². The second kappa shape index (κ2) is 8.53. The molecule has 26 heavy (non-hydrogen) atoms. The molecule has 1 aromatic rings. The van der Waals surface area contributed by atoms with E-state index in [9.17, 15) is 13.2 Å². The van der Waals surface area contributed by atoms with E-state index in [1.54, 1.807) is 0 Å². The molecular formula is C20H32N2O3S. The highest BCUT2D eigenvalue weighted by Crippen LogP contribution is 2.31. The number of carbonyl (C=O) groups excluding carboxylic acids is 1. The summed E-state index contributed by atoms with van der Waals surface area (Å²) in [5, 5.41) is 2.95.